The number of rotatable bonds is 5. The average molecular weight is 304 g/mol. The second-order valence-corrected chi connectivity index (χ2v) is 5.70. The minimum Gasteiger partial charge on any atom is -0.395 e. The molecule has 0 aliphatic rings. The normalized spacial score (nSPS) is 10.2. The predicted octanol–water partition coefficient (Wildman–Crippen LogP) is 2.44. The first-order valence-electron chi connectivity index (χ1n) is 4.87. The summed E-state index contributed by atoms with van der Waals surface area (Å²) in [5.41, 5.74) is 1.05. The maximum Gasteiger partial charge on any atom is 0.264 e. The number of amides is 1. The summed E-state index contributed by atoms with van der Waals surface area (Å²) in [6.07, 6.45) is 1.66. The van der Waals surface area contributed by atoms with Crippen molar-refractivity contribution in [1.29, 1.82) is 0 Å². The summed E-state index contributed by atoms with van der Waals surface area (Å²) >= 11 is 4.80. The van der Waals surface area contributed by atoms with Crippen LogP contribution in [0.3, 0.4) is 0 Å². The number of aliphatic hydroxyl groups excluding tert-OH is 1. The van der Waals surface area contributed by atoms with Gasteiger partial charge in [-0.2, -0.15) is 0 Å². The van der Waals surface area contributed by atoms with Crippen LogP contribution in [-0.2, 0) is 0 Å². The van der Waals surface area contributed by atoms with E-state index in [2.05, 4.69) is 22.5 Å². The van der Waals surface area contributed by atoms with E-state index in [0.29, 0.717) is 18.0 Å². The molecule has 1 N–H and O–H groups in total. The molecule has 0 aromatic carbocycles. The molecule has 0 saturated carbocycles. The van der Waals surface area contributed by atoms with Crippen molar-refractivity contribution in [2.75, 3.05) is 19.7 Å². The molecule has 1 amide bonds. The van der Waals surface area contributed by atoms with Gasteiger partial charge in [-0.15, -0.1) is 17.9 Å². The Morgan fingerprint density at radius 3 is 2.88 bits per heavy atom. The van der Waals surface area contributed by atoms with E-state index in [9.17, 15) is 4.79 Å². The largest absolute Gasteiger partial charge is 0.395 e. The molecule has 0 unspecified atom stereocenters. The Balaban J connectivity index is 2.84. The van der Waals surface area contributed by atoms with Gasteiger partial charge in [0, 0.05) is 13.1 Å². The summed E-state index contributed by atoms with van der Waals surface area (Å²) < 4.78 is 0.971. The lowest BCUT2D eigenvalue weighted by atomic mass is 10.3. The number of aryl methyl sites for hydroxylation is 1. The minimum atomic E-state index is -0.0623. The zero-order valence-corrected chi connectivity index (χ0v) is 11.5. The second-order valence-electron chi connectivity index (χ2n) is 3.33. The number of hydrogen-bond acceptors (Lipinski definition) is 3. The predicted molar refractivity (Wildman–Crippen MR) is 69.9 cm³/mol. The van der Waals surface area contributed by atoms with E-state index < -0.39 is 0 Å². The van der Waals surface area contributed by atoms with Crippen LogP contribution >= 0.6 is 27.3 Å². The van der Waals surface area contributed by atoms with Gasteiger partial charge in [-0.05, 0) is 34.5 Å². The standard InChI is InChI=1S/C11H14BrNO2S/c1-3-4-13(5-6-14)11(15)9-7-8(2)10(12)16-9/h3,7,14H,1,4-6H2,2H3. The number of thiophene rings is 1. The van der Waals surface area contributed by atoms with Crippen LogP contribution in [0.4, 0.5) is 0 Å². The molecule has 1 aromatic rings. The molecule has 1 heterocycles. The topological polar surface area (TPSA) is 40.5 Å². The third-order valence-corrected chi connectivity index (χ3v) is 4.20. The SMILES string of the molecule is C=CCN(CCO)C(=O)c1cc(C)c(Br)s1. The summed E-state index contributed by atoms with van der Waals surface area (Å²) in [6, 6.07) is 1.85. The molecule has 0 radical (unpaired) electrons. The summed E-state index contributed by atoms with van der Waals surface area (Å²) in [7, 11) is 0. The van der Waals surface area contributed by atoms with Crippen molar-refractivity contribution in [3.63, 3.8) is 0 Å². The number of hydrogen-bond donors (Lipinski definition) is 1. The lowest BCUT2D eigenvalue weighted by Crippen LogP contribution is -2.33. The fraction of sp³-hybridized carbons (Fsp3) is 0.364. The lowest BCUT2D eigenvalue weighted by Gasteiger charge is -2.18. The van der Waals surface area contributed by atoms with Gasteiger partial charge in [-0.25, -0.2) is 0 Å². The van der Waals surface area contributed by atoms with Crippen molar-refractivity contribution in [3.05, 3.63) is 32.9 Å². The third kappa shape index (κ3) is 3.17. The number of nitrogens with zero attached hydrogens (tertiary/aromatic N) is 1. The number of carbonyl (C=O) groups excluding carboxylic acids is 1. The van der Waals surface area contributed by atoms with E-state index in [0.717, 1.165) is 9.35 Å². The highest BCUT2D eigenvalue weighted by atomic mass is 79.9. The van der Waals surface area contributed by atoms with Crippen molar-refractivity contribution < 1.29 is 9.90 Å². The molecular formula is C11H14BrNO2S. The average Bonchev–Trinajstić information content (AvgIpc) is 2.58. The number of halogens is 1. The molecule has 0 spiro atoms. The summed E-state index contributed by atoms with van der Waals surface area (Å²) in [5.74, 6) is -0.0623. The van der Waals surface area contributed by atoms with Gasteiger partial charge in [-0.3, -0.25) is 4.79 Å². The maximum absolute atomic E-state index is 12.0. The van der Waals surface area contributed by atoms with Crippen LogP contribution in [0.1, 0.15) is 15.2 Å². The fourth-order valence-corrected chi connectivity index (χ4v) is 2.78. The van der Waals surface area contributed by atoms with Crippen molar-refractivity contribution >= 4 is 33.2 Å². The number of aliphatic hydroxyl groups is 1. The van der Waals surface area contributed by atoms with Gasteiger partial charge in [-0.1, -0.05) is 6.08 Å². The molecule has 0 aliphatic carbocycles. The van der Waals surface area contributed by atoms with E-state index >= 15 is 0 Å². The molecule has 0 fully saturated rings. The Labute approximate surface area is 108 Å². The van der Waals surface area contributed by atoms with Crippen molar-refractivity contribution in [3.8, 4) is 0 Å². The molecule has 1 aromatic heterocycles. The summed E-state index contributed by atoms with van der Waals surface area (Å²) in [5, 5.41) is 8.88. The molecule has 0 atom stereocenters. The highest BCUT2D eigenvalue weighted by Crippen LogP contribution is 2.28. The van der Waals surface area contributed by atoms with Crippen molar-refractivity contribution in [1.82, 2.24) is 4.90 Å². The summed E-state index contributed by atoms with van der Waals surface area (Å²) in [6.45, 7) is 6.29. The van der Waals surface area contributed by atoms with Crippen molar-refractivity contribution in [2.24, 2.45) is 0 Å². The molecule has 5 heteroatoms. The van der Waals surface area contributed by atoms with E-state index in [-0.39, 0.29) is 12.5 Å². The van der Waals surface area contributed by atoms with Gasteiger partial charge in [0.1, 0.15) is 0 Å². The van der Waals surface area contributed by atoms with E-state index in [1.165, 1.54) is 11.3 Å². The van der Waals surface area contributed by atoms with E-state index in [1.54, 1.807) is 11.0 Å². The second kappa shape index (κ2) is 6.18. The molecule has 1 rings (SSSR count). The van der Waals surface area contributed by atoms with Crippen LogP contribution in [0.15, 0.2) is 22.5 Å². The smallest absolute Gasteiger partial charge is 0.264 e. The maximum atomic E-state index is 12.0. The quantitative estimate of drug-likeness (QED) is 0.849. The Morgan fingerprint density at radius 2 is 2.44 bits per heavy atom. The Morgan fingerprint density at radius 1 is 1.75 bits per heavy atom. The highest BCUT2D eigenvalue weighted by Gasteiger charge is 2.17. The van der Waals surface area contributed by atoms with Crippen LogP contribution in [-0.4, -0.2) is 35.6 Å². The molecule has 3 nitrogen and oxygen atoms in total. The Kier molecular flexibility index (Phi) is 5.18. The van der Waals surface area contributed by atoms with Crippen LogP contribution in [0.25, 0.3) is 0 Å². The van der Waals surface area contributed by atoms with Gasteiger partial charge in [0.15, 0.2) is 0 Å². The molecule has 16 heavy (non-hydrogen) atoms. The fourth-order valence-electron chi connectivity index (χ4n) is 1.27. The Bertz CT molecular complexity index is 370. The van der Waals surface area contributed by atoms with Gasteiger partial charge in [0.2, 0.25) is 0 Å². The van der Waals surface area contributed by atoms with Crippen LogP contribution in [0, 0.1) is 6.92 Å². The monoisotopic (exact) mass is 303 g/mol. The molecule has 0 bridgehead atoms. The first kappa shape index (κ1) is 13.4. The lowest BCUT2D eigenvalue weighted by molar-refractivity contribution is 0.0747. The molecule has 88 valence electrons. The van der Waals surface area contributed by atoms with Gasteiger partial charge in [0.05, 0.1) is 15.3 Å². The zero-order valence-electron chi connectivity index (χ0n) is 9.07. The molecule has 0 saturated heterocycles. The summed E-state index contributed by atoms with van der Waals surface area (Å²) in [4.78, 5) is 14.3. The number of carbonyl (C=O) groups is 1. The zero-order chi connectivity index (χ0) is 12.1. The minimum absolute atomic E-state index is 0.0366. The van der Waals surface area contributed by atoms with Crippen LogP contribution in [0.2, 0.25) is 0 Å². The first-order chi connectivity index (χ1) is 7.60. The highest BCUT2D eigenvalue weighted by molar-refractivity contribution is 9.11. The Hall–Kier alpha value is -0.650. The molecular weight excluding hydrogens is 290 g/mol. The molecule has 0 aliphatic heterocycles. The van der Waals surface area contributed by atoms with Crippen molar-refractivity contribution in [2.45, 2.75) is 6.92 Å². The first-order valence-corrected chi connectivity index (χ1v) is 6.48. The van der Waals surface area contributed by atoms with Gasteiger partial charge in [0.25, 0.3) is 5.91 Å². The van der Waals surface area contributed by atoms with Crippen LogP contribution < -0.4 is 0 Å². The van der Waals surface area contributed by atoms with Gasteiger partial charge >= 0.3 is 0 Å². The van der Waals surface area contributed by atoms with Gasteiger partial charge < -0.3 is 10.0 Å². The van der Waals surface area contributed by atoms with E-state index in [1.807, 2.05) is 13.0 Å². The third-order valence-electron chi connectivity index (χ3n) is 2.07. The van der Waals surface area contributed by atoms with Crippen LogP contribution in [0.5, 0.6) is 0 Å². The van der Waals surface area contributed by atoms with E-state index in [4.69, 9.17) is 5.11 Å².